The topological polar surface area (TPSA) is 67.8 Å². The summed E-state index contributed by atoms with van der Waals surface area (Å²) >= 11 is 0. The Balaban J connectivity index is 1.75. The first-order chi connectivity index (χ1) is 12.1. The van der Waals surface area contributed by atoms with Crippen molar-refractivity contribution >= 4 is 5.91 Å². The number of methoxy groups -OCH3 is 2. The fraction of sp³-hybridized carbons (Fsp3) is 0.350. The number of ether oxygens (including phenoxy) is 2. The molecule has 0 fully saturated rings. The van der Waals surface area contributed by atoms with Crippen molar-refractivity contribution in [3.05, 3.63) is 59.2 Å². The fourth-order valence-electron chi connectivity index (χ4n) is 3.39. The Morgan fingerprint density at radius 1 is 1.16 bits per heavy atom. The molecule has 1 atom stereocenters. The first kappa shape index (κ1) is 17.3. The molecule has 0 heterocycles. The second kappa shape index (κ2) is 7.15. The molecule has 0 saturated heterocycles. The second-order valence-corrected chi connectivity index (χ2v) is 6.29. The van der Waals surface area contributed by atoms with Gasteiger partial charge in [0.2, 0.25) is 0 Å². The zero-order valence-corrected chi connectivity index (χ0v) is 14.5. The fourth-order valence-corrected chi connectivity index (χ4v) is 3.39. The van der Waals surface area contributed by atoms with Crippen LogP contribution in [0.1, 0.15) is 34.3 Å². The van der Waals surface area contributed by atoms with Gasteiger partial charge in [-0.25, -0.2) is 0 Å². The van der Waals surface area contributed by atoms with Gasteiger partial charge in [0, 0.05) is 5.56 Å². The Morgan fingerprint density at radius 2 is 1.92 bits per heavy atom. The van der Waals surface area contributed by atoms with Crippen molar-refractivity contribution in [2.24, 2.45) is 0 Å². The van der Waals surface area contributed by atoms with Crippen LogP contribution in [0.5, 0.6) is 11.5 Å². The molecule has 0 spiro atoms. The highest BCUT2D eigenvalue weighted by Gasteiger charge is 2.34. The van der Waals surface area contributed by atoms with Gasteiger partial charge in [-0.2, -0.15) is 0 Å². The lowest BCUT2D eigenvalue weighted by molar-refractivity contribution is 0.0189. The molecule has 1 amide bonds. The standard InChI is InChI=1S/C20H23NO4/c1-24-17-10-9-15(12-18(17)25-2)19(22)21-13-20(23)11-5-7-14-6-3-4-8-16(14)20/h3-4,6,8-10,12,23H,5,7,11,13H2,1-2H3,(H,21,22)/t20-/m0/s1. The van der Waals surface area contributed by atoms with Crippen LogP contribution in [0.15, 0.2) is 42.5 Å². The molecule has 2 aromatic carbocycles. The van der Waals surface area contributed by atoms with E-state index in [1.807, 2.05) is 24.3 Å². The number of carbonyl (C=O) groups excluding carboxylic acids is 1. The quantitative estimate of drug-likeness (QED) is 0.877. The Hall–Kier alpha value is -2.53. The Kier molecular flexibility index (Phi) is 4.95. The summed E-state index contributed by atoms with van der Waals surface area (Å²) < 4.78 is 10.4. The number of hydrogen-bond donors (Lipinski definition) is 2. The highest BCUT2D eigenvalue weighted by atomic mass is 16.5. The second-order valence-electron chi connectivity index (χ2n) is 6.29. The predicted molar refractivity (Wildman–Crippen MR) is 95.2 cm³/mol. The number of benzene rings is 2. The molecule has 0 aromatic heterocycles. The highest BCUT2D eigenvalue weighted by Crippen LogP contribution is 2.35. The summed E-state index contributed by atoms with van der Waals surface area (Å²) in [5, 5.41) is 13.9. The van der Waals surface area contributed by atoms with Crippen LogP contribution in [0.3, 0.4) is 0 Å². The monoisotopic (exact) mass is 341 g/mol. The molecular weight excluding hydrogens is 318 g/mol. The van der Waals surface area contributed by atoms with E-state index < -0.39 is 5.60 Å². The van der Waals surface area contributed by atoms with Crippen LogP contribution in [-0.2, 0) is 12.0 Å². The number of amides is 1. The van der Waals surface area contributed by atoms with Gasteiger partial charge in [-0.3, -0.25) is 4.79 Å². The highest BCUT2D eigenvalue weighted by molar-refractivity contribution is 5.95. The Bertz CT molecular complexity index is 774. The number of fused-ring (bicyclic) bond motifs is 1. The van der Waals surface area contributed by atoms with E-state index in [1.54, 1.807) is 25.3 Å². The molecular formula is C20H23NO4. The van der Waals surface area contributed by atoms with Crippen molar-refractivity contribution in [1.29, 1.82) is 0 Å². The van der Waals surface area contributed by atoms with Gasteiger partial charge in [0.05, 0.1) is 20.8 Å². The van der Waals surface area contributed by atoms with E-state index in [0.29, 0.717) is 23.5 Å². The van der Waals surface area contributed by atoms with Gasteiger partial charge in [0.1, 0.15) is 5.60 Å². The molecule has 0 aliphatic heterocycles. The third kappa shape index (κ3) is 3.46. The van der Waals surface area contributed by atoms with Gasteiger partial charge >= 0.3 is 0 Å². The predicted octanol–water partition coefficient (Wildman–Crippen LogP) is 2.66. The van der Waals surface area contributed by atoms with E-state index in [2.05, 4.69) is 5.32 Å². The van der Waals surface area contributed by atoms with Gasteiger partial charge in [0.15, 0.2) is 11.5 Å². The normalized spacial score (nSPS) is 19.0. The maximum absolute atomic E-state index is 12.5. The lowest BCUT2D eigenvalue weighted by Gasteiger charge is -2.34. The number of rotatable bonds is 5. The number of hydrogen-bond acceptors (Lipinski definition) is 4. The molecule has 0 bridgehead atoms. The molecule has 2 aromatic rings. The third-order valence-electron chi connectivity index (χ3n) is 4.74. The van der Waals surface area contributed by atoms with Crippen LogP contribution in [0.25, 0.3) is 0 Å². The maximum atomic E-state index is 12.5. The van der Waals surface area contributed by atoms with E-state index >= 15 is 0 Å². The minimum atomic E-state index is -1.03. The minimum absolute atomic E-state index is 0.178. The van der Waals surface area contributed by atoms with Crippen molar-refractivity contribution in [3.63, 3.8) is 0 Å². The molecule has 0 radical (unpaired) electrons. The van der Waals surface area contributed by atoms with Gasteiger partial charge in [-0.05, 0) is 48.6 Å². The molecule has 0 saturated carbocycles. The molecule has 2 N–H and O–H groups in total. The van der Waals surface area contributed by atoms with Crippen LogP contribution in [0.2, 0.25) is 0 Å². The summed E-state index contributed by atoms with van der Waals surface area (Å²) in [5.41, 5.74) is 1.50. The number of carbonyl (C=O) groups is 1. The van der Waals surface area contributed by atoms with Gasteiger partial charge in [0.25, 0.3) is 5.91 Å². The first-order valence-electron chi connectivity index (χ1n) is 8.38. The Morgan fingerprint density at radius 3 is 2.68 bits per heavy atom. The summed E-state index contributed by atoms with van der Waals surface area (Å²) in [6, 6.07) is 12.9. The van der Waals surface area contributed by atoms with Gasteiger partial charge in [-0.15, -0.1) is 0 Å². The number of aliphatic hydroxyl groups is 1. The largest absolute Gasteiger partial charge is 0.493 e. The lowest BCUT2D eigenvalue weighted by Crippen LogP contribution is -2.43. The van der Waals surface area contributed by atoms with Crippen molar-refractivity contribution in [2.75, 3.05) is 20.8 Å². The first-order valence-corrected chi connectivity index (χ1v) is 8.38. The SMILES string of the molecule is COc1ccc(C(=O)NC[C@@]2(O)CCCc3ccccc32)cc1OC. The van der Waals surface area contributed by atoms with E-state index in [-0.39, 0.29) is 12.5 Å². The van der Waals surface area contributed by atoms with Crippen molar-refractivity contribution in [1.82, 2.24) is 5.32 Å². The maximum Gasteiger partial charge on any atom is 0.251 e. The zero-order valence-electron chi connectivity index (χ0n) is 14.5. The van der Waals surface area contributed by atoms with Crippen molar-refractivity contribution in [3.8, 4) is 11.5 Å². The van der Waals surface area contributed by atoms with Crippen LogP contribution in [-0.4, -0.2) is 31.8 Å². The van der Waals surface area contributed by atoms with Crippen LogP contribution >= 0.6 is 0 Å². The molecule has 5 nitrogen and oxygen atoms in total. The van der Waals surface area contributed by atoms with Crippen LogP contribution < -0.4 is 14.8 Å². The molecule has 3 rings (SSSR count). The number of nitrogens with one attached hydrogen (secondary N) is 1. The summed E-state index contributed by atoms with van der Waals surface area (Å²) in [4.78, 5) is 12.5. The molecule has 0 unspecified atom stereocenters. The van der Waals surface area contributed by atoms with E-state index in [4.69, 9.17) is 9.47 Å². The van der Waals surface area contributed by atoms with Crippen LogP contribution in [0.4, 0.5) is 0 Å². The lowest BCUT2D eigenvalue weighted by atomic mass is 9.79. The van der Waals surface area contributed by atoms with Gasteiger partial charge < -0.3 is 19.9 Å². The number of aryl methyl sites for hydroxylation is 1. The summed E-state index contributed by atoms with van der Waals surface area (Å²) in [7, 11) is 3.08. The molecule has 132 valence electrons. The third-order valence-corrected chi connectivity index (χ3v) is 4.74. The summed E-state index contributed by atoms with van der Waals surface area (Å²) in [6.45, 7) is 0.178. The van der Waals surface area contributed by atoms with Crippen LogP contribution in [0, 0.1) is 0 Å². The summed E-state index contributed by atoms with van der Waals surface area (Å²) in [5.74, 6) is 0.813. The van der Waals surface area contributed by atoms with E-state index in [9.17, 15) is 9.90 Å². The summed E-state index contributed by atoms with van der Waals surface area (Å²) in [6.07, 6.45) is 2.50. The minimum Gasteiger partial charge on any atom is -0.493 e. The average molecular weight is 341 g/mol. The smallest absolute Gasteiger partial charge is 0.251 e. The average Bonchev–Trinajstić information content (AvgIpc) is 2.66. The molecule has 25 heavy (non-hydrogen) atoms. The zero-order chi connectivity index (χ0) is 17.9. The van der Waals surface area contributed by atoms with Crippen molar-refractivity contribution < 1.29 is 19.4 Å². The van der Waals surface area contributed by atoms with E-state index in [0.717, 1.165) is 24.0 Å². The van der Waals surface area contributed by atoms with E-state index in [1.165, 1.54) is 7.11 Å². The molecule has 1 aliphatic rings. The van der Waals surface area contributed by atoms with Crippen molar-refractivity contribution in [2.45, 2.75) is 24.9 Å². The Labute approximate surface area is 147 Å². The molecule has 5 heteroatoms. The van der Waals surface area contributed by atoms with Gasteiger partial charge in [-0.1, -0.05) is 24.3 Å². The molecule has 1 aliphatic carbocycles.